The molecule has 0 bridgehead atoms. The highest BCUT2D eigenvalue weighted by Crippen LogP contribution is 2.37. The lowest BCUT2D eigenvalue weighted by Crippen LogP contribution is -2.06. The minimum atomic E-state index is -4.70. The molecule has 0 aliphatic rings. The fourth-order valence-electron chi connectivity index (χ4n) is 1.77. The summed E-state index contributed by atoms with van der Waals surface area (Å²) in [4.78, 5) is 9.94. The van der Waals surface area contributed by atoms with Crippen LogP contribution in [-0.2, 0) is 6.18 Å². The molecule has 0 amide bonds. The lowest BCUT2D eigenvalue weighted by molar-refractivity contribution is -0.384. The molecule has 2 rings (SSSR count). The normalized spacial score (nSPS) is 11.4. The Morgan fingerprint density at radius 1 is 1.00 bits per heavy atom. The maximum atomic E-state index is 13.6. The van der Waals surface area contributed by atoms with Crippen LogP contribution in [-0.4, -0.2) is 4.92 Å². The van der Waals surface area contributed by atoms with Crippen LogP contribution in [0.3, 0.4) is 0 Å². The summed E-state index contributed by atoms with van der Waals surface area (Å²) in [6.45, 7) is 0. The Kier molecular flexibility index (Phi) is 3.44. The molecule has 0 aromatic heterocycles. The van der Waals surface area contributed by atoms with Crippen molar-refractivity contribution in [2.45, 2.75) is 6.18 Å². The van der Waals surface area contributed by atoms with Crippen LogP contribution in [0.25, 0.3) is 11.1 Å². The maximum Gasteiger partial charge on any atom is 0.416 e. The van der Waals surface area contributed by atoms with Gasteiger partial charge in [-0.05, 0) is 18.2 Å². The van der Waals surface area contributed by atoms with Gasteiger partial charge in [-0.1, -0.05) is 18.2 Å². The van der Waals surface area contributed by atoms with Gasteiger partial charge in [0.2, 0.25) is 0 Å². The third-order valence-corrected chi connectivity index (χ3v) is 2.69. The molecule has 0 spiro atoms. The number of hydrogen-bond acceptors (Lipinski definition) is 2. The Balaban J connectivity index is 2.66. The molecule has 104 valence electrons. The topological polar surface area (TPSA) is 43.1 Å². The van der Waals surface area contributed by atoms with Gasteiger partial charge in [-0.3, -0.25) is 10.1 Å². The van der Waals surface area contributed by atoms with Crippen LogP contribution in [0.4, 0.5) is 23.2 Å². The van der Waals surface area contributed by atoms with E-state index >= 15 is 0 Å². The van der Waals surface area contributed by atoms with Gasteiger partial charge in [-0.25, -0.2) is 4.39 Å². The van der Waals surface area contributed by atoms with Crippen molar-refractivity contribution < 1.29 is 22.5 Å². The van der Waals surface area contributed by atoms with Crippen LogP contribution >= 0.6 is 0 Å². The van der Waals surface area contributed by atoms with Crippen LogP contribution in [0.5, 0.6) is 0 Å². The number of benzene rings is 2. The van der Waals surface area contributed by atoms with E-state index in [1.54, 1.807) is 0 Å². The second-order valence-corrected chi connectivity index (χ2v) is 3.97. The van der Waals surface area contributed by atoms with E-state index in [1.807, 2.05) is 0 Å². The zero-order valence-corrected chi connectivity index (χ0v) is 9.82. The summed E-state index contributed by atoms with van der Waals surface area (Å²) in [7, 11) is 0. The molecule has 0 aliphatic heterocycles. The second kappa shape index (κ2) is 4.92. The van der Waals surface area contributed by atoms with Crippen molar-refractivity contribution in [3.05, 3.63) is 64.0 Å². The Labute approximate surface area is 110 Å². The molecule has 20 heavy (non-hydrogen) atoms. The standard InChI is InChI=1S/C13H7F4NO2/c14-11-4-2-1-3-9(11)10-6-5-8(13(15,16)17)7-12(10)18(19)20/h1-7H. The van der Waals surface area contributed by atoms with Crippen molar-refractivity contribution in [3.63, 3.8) is 0 Å². The first kappa shape index (κ1) is 14.0. The van der Waals surface area contributed by atoms with Gasteiger partial charge >= 0.3 is 6.18 Å². The van der Waals surface area contributed by atoms with Gasteiger partial charge in [0, 0.05) is 11.6 Å². The summed E-state index contributed by atoms with van der Waals surface area (Å²) >= 11 is 0. The highest BCUT2D eigenvalue weighted by molar-refractivity contribution is 5.74. The van der Waals surface area contributed by atoms with Gasteiger partial charge in [0.05, 0.1) is 16.1 Å². The van der Waals surface area contributed by atoms with Gasteiger partial charge in [0.1, 0.15) is 5.82 Å². The van der Waals surface area contributed by atoms with E-state index in [4.69, 9.17) is 0 Å². The molecule has 0 atom stereocenters. The molecule has 7 heteroatoms. The number of nitro groups is 1. The van der Waals surface area contributed by atoms with Crippen LogP contribution < -0.4 is 0 Å². The Morgan fingerprint density at radius 2 is 1.65 bits per heavy atom. The SMILES string of the molecule is O=[N+]([O-])c1cc(C(F)(F)F)ccc1-c1ccccc1F. The summed E-state index contributed by atoms with van der Waals surface area (Å²) in [6, 6.07) is 7.17. The van der Waals surface area contributed by atoms with Crippen molar-refractivity contribution in [2.24, 2.45) is 0 Å². The number of rotatable bonds is 2. The van der Waals surface area contributed by atoms with E-state index in [0.29, 0.717) is 12.1 Å². The van der Waals surface area contributed by atoms with Crippen molar-refractivity contribution in [2.75, 3.05) is 0 Å². The zero-order valence-electron chi connectivity index (χ0n) is 9.82. The molecular formula is C13H7F4NO2. The van der Waals surface area contributed by atoms with Gasteiger partial charge in [0.25, 0.3) is 5.69 Å². The van der Waals surface area contributed by atoms with Gasteiger partial charge in [0.15, 0.2) is 0 Å². The van der Waals surface area contributed by atoms with Crippen LogP contribution in [0.15, 0.2) is 42.5 Å². The fraction of sp³-hybridized carbons (Fsp3) is 0.0769. The number of nitrogens with zero attached hydrogens (tertiary/aromatic N) is 1. The molecule has 0 aliphatic carbocycles. The second-order valence-electron chi connectivity index (χ2n) is 3.97. The summed E-state index contributed by atoms with van der Waals surface area (Å²) in [5.41, 5.74) is -2.25. The van der Waals surface area contributed by atoms with E-state index in [2.05, 4.69) is 0 Å². The number of nitro benzene ring substituents is 1. The lowest BCUT2D eigenvalue weighted by atomic mass is 10.0. The van der Waals surface area contributed by atoms with Gasteiger partial charge < -0.3 is 0 Å². The summed E-state index contributed by atoms with van der Waals surface area (Å²) < 4.78 is 51.3. The number of alkyl halides is 3. The maximum absolute atomic E-state index is 13.6. The van der Waals surface area contributed by atoms with Gasteiger partial charge in [-0.15, -0.1) is 0 Å². The average Bonchev–Trinajstić information content (AvgIpc) is 2.37. The minimum Gasteiger partial charge on any atom is -0.258 e. The van der Waals surface area contributed by atoms with Crippen LogP contribution in [0.2, 0.25) is 0 Å². The molecule has 0 fully saturated rings. The first-order valence-corrected chi connectivity index (χ1v) is 5.41. The summed E-state index contributed by atoms with van der Waals surface area (Å²) in [6.07, 6.45) is -4.70. The van der Waals surface area contributed by atoms with E-state index < -0.39 is 28.2 Å². The Morgan fingerprint density at radius 3 is 2.20 bits per heavy atom. The van der Waals surface area contributed by atoms with E-state index in [1.165, 1.54) is 18.2 Å². The predicted molar refractivity (Wildman–Crippen MR) is 63.5 cm³/mol. The van der Waals surface area contributed by atoms with Crippen molar-refractivity contribution in [1.82, 2.24) is 0 Å². The first-order chi connectivity index (χ1) is 9.30. The molecule has 3 nitrogen and oxygen atoms in total. The molecule has 0 saturated heterocycles. The Bertz CT molecular complexity index is 668. The van der Waals surface area contributed by atoms with Crippen molar-refractivity contribution in [1.29, 1.82) is 0 Å². The summed E-state index contributed by atoms with van der Waals surface area (Å²) in [5.74, 6) is -0.740. The molecule has 0 unspecified atom stereocenters. The summed E-state index contributed by atoms with van der Waals surface area (Å²) in [5, 5.41) is 10.9. The van der Waals surface area contributed by atoms with Crippen LogP contribution in [0.1, 0.15) is 5.56 Å². The van der Waals surface area contributed by atoms with E-state index in [0.717, 1.165) is 12.1 Å². The first-order valence-electron chi connectivity index (χ1n) is 5.41. The highest BCUT2D eigenvalue weighted by Gasteiger charge is 2.33. The molecule has 2 aromatic rings. The molecule has 0 heterocycles. The smallest absolute Gasteiger partial charge is 0.258 e. The van der Waals surface area contributed by atoms with Crippen molar-refractivity contribution >= 4 is 5.69 Å². The lowest BCUT2D eigenvalue weighted by Gasteiger charge is -2.09. The predicted octanol–water partition coefficient (Wildman–Crippen LogP) is 4.42. The molecule has 0 saturated carbocycles. The third-order valence-electron chi connectivity index (χ3n) is 2.69. The monoisotopic (exact) mass is 285 g/mol. The highest BCUT2D eigenvalue weighted by atomic mass is 19.4. The quantitative estimate of drug-likeness (QED) is 0.465. The largest absolute Gasteiger partial charge is 0.416 e. The molecular weight excluding hydrogens is 278 g/mol. The fourth-order valence-corrected chi connectivity index (χ4v) is 1.77. The third kappa shape index (κ3) is 2.61. The minimum absolute atomic E-state index is 0.118. The van der Waals surface area contributed by atoms with Crippen LogP contribution in [0, 0.1) is 15.9 Å². The van der Waals surface area contributed by atoms with Gasteiger partial charge in [-0.2, -0.15) is 13.2 Å². The average molecular weight is 285 g/mol. The Hall–Kier alpha value is -2.44. The zero-order chi connectivity index (χ0) is 14.9. The molecule has 0 N–H and O–H groups in total. The van der Waals surface area contributed by atoms with E-state index in [-0.39, 0.29) is 11.1 Å². The van der Waals surface area contributed by atoms with Crippen molar-refractivity contribution in [3.8, 4) is 11.1 Å². The molecule has 2 aromatic carbocycles. The number of halogens is 4. The molecule has 0 radical (unpaired) electrons. The van der Waals surface area contributed by atoms with E-state index in [9.17, 15) is 27.7 Å². The number of hydrogen-bond donors (Lipinski definition) is 0.